The Morgan fingerprint density at radius 3 is 2.14 bits per heavy atom. The van der Waals surface area contributed by atoms with Crippen molar-refractivity contribution in [2.24, 2.45) is 17.6 Å². The topological polar surface area (TPSA) is 66.6 Å². The summed E-state index contributed by atoms with van der Waals surface area (Å²) in [5.74, 6) is 0.577. The van der Waals surface area contributed by atoms with Crippen molar-refractivity contribution in [1.29, 1.82) is 0 Å². The largest absolute Gasteiger partial charge is 0.339 e. The van der Waals surface area contributed by atoms with Crippen molar-refractivity contribution in [3.05, 3.63) is 0 Å². The fraction of sp³-hybridized carbons (Fsp3) is 0.867. The van der Waals surface area contributed by atoms with Crippen molar-refractivity contribution < 1.29 is 9.59 Å². The number of hydrogen-bond acceptors (Lipinski definition) is 3. The molecule has 5 nitrogen and oxygen atoms in total. The molecule has 2 atom stereocenters. The smallest absolute Gasteiger partial charge is 0.225 e. The molecule has 2 fully saturated rings. The van der Waals surface area contributed by atoms with Gasteiger partial charge >= 0.3 is 0 Å². The van der Waals surface area contributed by atoms with Crippen LogP contribution in [0.4, 0.5) is 0 Å². The second-order valence-corrected chi connectivity index (χ2v) is 6.43. The zero-order valence-electron chi connectivity index (χ0n) is 13.1. The first kappa shape index (κ1) is 18.2. The quantitative estimate of drug-likeness (QED) is 0.833. The van der Waals surface area contributed by atoms with Gasteiger partial charge in [0.1, 0.15) is 0 Å². The minimum atomic E-state index is 0. The molecule has 2 rings (SSSR count). The Morgan fingerprint density at radius 1 is 1.05 bits per heavy atom. The fourth-order valence-corrected chi connectivity index (χ4v) is 3.22. The maximum atomic E-state index is 12.5. The molecule has 1 aliphatic heterocycles. The van der Waals surface area contributed by atoms with Gasteiger partial charge in [0.05, 0.1) is 0 Å². The van der Waals surface area contributed by atoms with Crippen LogP contribution < -0.4 is 5.73 Å². The van der Waals surface area contributed by atoms with Crippen LogP contribution in [-0.4, -0.2) is 53.8 Å². The van der Waals surface area contributed by atoms with Gasteiger partial charge in [-0.25, -0.2) is 0 Å². The third-order valence-electron chi connectivity index (χ3n) is 4.46. The molecule has 122 valence electrons. The number of halogens is 1. The average Bonchev–Trinajstić information content (AvgIpc) is 2.46. The lowest BCUT2D eigenvalue weighted by Gasteiger charge is -2.38. The molecule has 6 heteroatoms. The lowest BCUT2D eigenvalue weighted by atomic mass is 9.85. The standard InChI is InChI=1S/C15H27N3O2.ClH/c1-11(2)14(19)17-6-8-18(9-7-17)15(20)12-4-3-5-13(16)10-12;/h11-13H,3-10,16H2,1-2H3;1H. The monoisotopic (exact) mass is 317 g/mol. The minimum absolute atomic E-state index is 0. The third kappa shape index (κ3) is 4.58. The van der Waals surface area contributed by atoms with Gasteiger partial charge in [-0.2, -0.15) is 0 Å². The lowest BCUT2D eigenvalue weighted by molar-refractivity contribution is -0.144. The van der Waals surface area contributed by atoms with Gasteiger partial charge in [-0.05, 0) is 19.3 Å². The molecule has 1 heterocycles. The summed E-state index contributed by atoms with van der Waals surface area (Å²) >= 11 is 0. The predicted octanol–water partition coefficient (Wildman–Crippen LogP) is 1.25. The van der Waals surface area contributed by atoms with Crippen LogP contribution >= 0.6 is 12.4 Å². The molecule has 0 bridgehead atoms. The highest BCUT2D eigenvalue weighted by Crippen LogP contribution is 2.25. The number of rotatable bonds is 2. The first-order valence-corrected chi connectivity index (χ1v) is 7.82. The zero-order valence-corrected chi connectivity index (χ0v) is 13.9. The van der Waals surface area contributed by atoms with Gasteiger partial charge in [0.15, 0.2) is 0 Å². The highest BCUT2D eigenvalue weighted by atomic mass is 35.5. The maximum Gasteiger partial charge on any atom is 0.225 e. The molecule has 1 saturated heterocycles. The van der Waals surface area contributed by atoms with Crippen LogP contribution in [0.1, 0.15) is 39.5 Å². The second kappa shape index (κ2) is 7.99. The molecule has 0 spiro atoms. The van der Waals surface area contributed by atoms with E-state index in [9.17, 15) is 9.59 Å². The number of carbonyl (C=O) groups excluding carboxylic acids is 2. The number of hydrogen-bond donors (Lipinski definition) is 1. The molecular formula is C15H28ClN3O2. The van der Waals surface area contributed by atoms with E-state index in [0.29, 0.717) is 26.2 Å². The highest BCUT2D eigenvalue weighted by Gasteiger charge is 2.31. The van der Waals surface area contributed by atoms with Crippen LogP contribution in [0.5, 0.6) is 0 Å². The van der Waals surface area contributed by atoms with Crippen molar-refractivity contribution in [3.63, 3.8) is 0 Å². The SMILES string of the molecule is CC(C)C(=O)N1CCN(C(=O)C2CCCC(N)C2)CC1.Cl. The molecule has 2 N–H and O–H groups in total. The number of carbonyl (C=O) groups is 2. The summed E-state index contributed by atoms with van der Waals surface area (Å²) in [5.41, 5.74) is 5.96. The Kier molecular flexibility index (Phi) is 6.94. The number of nitrogens with zero attached hydrogens (tertiary/aromatic N) is 2. The molecule has 2 aliphatic rings. The second-order valence-electron chi connectivity index (χ2n) is 6.43. The molecule has 0 aromatic rings. The van der Waals surface area contributed by atoms with Crippen LogP contribution in [-0.2, 0) is 9.59 Å². The van der Waals surface area contributed by atoms with E-state index in [4.69, 9.17) is 5.73 Å². The van der Waals surface area contributed by atoms with Crippen LogP contribution in [0.3, 0.4) is 0 Å². The average molecular weight is 318 g/mol. The van der Waals surface area contributed by atoms with E-state index in [1.54, 1.807) is 0 Å². The zero-order chi connectivity index (χ0) is 14.7. The van der Waals surface area contributed by atoms with E-state index in [1.165, 1.54) is 0 Å². The third-order valence-corrected chi connectivity index (χ3v) is 4.46. The Balaban J connectivity index is 0.00000220. The summed E-state index contributed by atoms with van der Waals surface area (Å²) in [6, 6.07) is 0.182. The normalized spacial score (nSPS) is 26.5. The van der Waals surface area contributed by atoms with E-state index >= 15 is 0 Å². The van der Waals surface area contributed by atoms with E-state index in [0.717, 1.165) is 25.7 Å². The van der Waals surface area contributed by atoms with Crippen molar-refractivity contribution in [3.8, 4) is 0 Å². The van der Waals surface area contributed by atoms with Gasteiger partial charge in [0, 0.05) is 44.1 Å². The molecule has 0 aromatic heterocycles. The van der Waals surface area contributed by atoms with Gasteiger partial charge in [0.2, 0.25) is 11.8 Å². The van der Waals surface area contributed by atoms with Crippen LogP contribution in [0.25, 0.3) is 0 Å². The highest BCUT2D eigenvalue weighted by molar-refractivity contribution is 5.85. The summed E-state index contributed by atoms with van der Waals surface area (Å²) in [5, 5.41) is 0. The van der Waals surface area contributed by atoms with Gasteiger partial charge < -0.3 is 15.5 Å². The minimum Gasteiger partial charge on any atom is -0.339 e. The van der Waals surface area contributed by atoms with Gasteiger partial charge in [-0.3, -0.25) is 9.59 Å². The molecule has 1 aliphatic carbocycles. The van der Waals surface area contributed by atoms with Crippen molar-refractivity contribution in [2.75, 3.05) is 26.2 Å². The molecule has 2 amide bonds. The van der Waals surface area contributed by atoms with E-state index < -0.39 is 0 Å². The van der Waals surface area contributed by atoms with Crippen LogP contribution in [0, 0.1) is 11.8 Å². The molecule has 0 radical (unpaired) electrons. The van der Waals surface area contributed by atoms with Gasteiger partial charge in [-0.15, -0.1) is 12.4 Å². The van der Waals surface area contributed by atoms with Gasteiger partial charge in [-0.1, -0.05) is 20.3 Å². The van der Waals surface area contributed by atoms with Crippen LogP contribution in [0.2, 0.25) is 0 Å². The fourth-order valence-electron chi connectivity index (χ4n) is 3.22. The summed E-state index contributed by atoms with van der Waals surface area (Å²) in [6.07, 6.45) is 3.89. The molecule has 1 saturated carbocycles. The van der Waals surface area contributed by atoms with Gasteiger partial charge in [0.25, 0.3) is 0 Å². The van der Waals surface area contributed by atoms with Crippen molar-refractivity contribution >= 4 is 24.2 Å². The summed E-state index contributed by atoms with van der Waals surface area (Å²) in [4.78, 5) is 28.2. The van der Waals surface area contributed by atoms with Crippen molar-refractivity contribution in [2.45, 2.75) is 45.6 Å². The molecular weight excluding hydrogens is 290 g/mol. The summed E-state index contributed by atoms with van der Waals surface area (Å²) in [7, 11) is 0. The Bertz CT molecular complexity index is 368. The maximum absolute atomic E-state index is 12.5. The Morgan fingerprint density at radius 2 is 1.62 bits per heavy atom. The molecule has 2 unspecified atom stereocenters. The molecule has 0 aromatic carbocycles. The van der Waals surface area contributed by atoms with Crippen molar-refractivity contribution in [1.82, 2.24) is 9.80 Å². The lowest BCUT2D eigenvalue weighted by Crippen LogP contribution is -2.53. The number of amides is 2. The molecule has 21 heavy (non-hydrogen) atoms. The Labute approximate surface area is 133 Å². The summed E-state index contributed by atoms with van der Waals surface area (Å²) in [6.45, 7) is 6.52. The number of piperazine rings is 1. The van der Waals surface area contributed by atoms with E-state index in [2.05, 4.69) is 0 Å². The van der Waals surface area contributed by atoms with E-state index in [1.807, 2.05) is 23.6 Å². The van der Waals surface area contributed by atoms with Crippen LogP contribution in [0.15, 0.2) is 0 Å². The predicted molar refractivity (Wildman–Crippen MR) is 85.2 cm³/mol. The number of nitrogens with two attached hydrogens (primary N) is 1. The van der Waals surface area contributed by atoms with E-state index in [-0.39, 0.29) is 42.1 Å². The first-order chi connectivity index (χ1) is 9.49. The summed E-state index contributed by atoms with van der Waals surface area (Å²) < 4.78 is 0. The Hall–Kier alpha value is -0.810. The first-order valence-electron chi connectivity index (χ1n) is 7.82.